The molecule has 112 valence electrons. The van der Waals surface area contributed by atoms with Crippen molar-refractivity contribution in [2.24, 2.45) is 17.6 Å². The Labute approximate surface area is 115 Å². The third-order valence-corrected chi connectivity index (χ3v) is 3.42. The fourth-order valence-corrected chi connectivity index (χ4v) is 2.07. The van der Waals surface area contributed by atoms with E-state index in [0.717, 1.165) is 12.8 Å². The molecule has 2 atom stereocenters. The number of carboxylic acids is 1. The van der Waals surface area contributed by atoms with Crippen molar-refractivity contribution in [3.63, 3.8) is 0 Å². The standard InChI is InChI=1S/C14H28N2O3/c1-4-5-12(15)14(19)16-9-8-11(10(2)3)6-7-13(17)18/h10-12H,4-9,15H2,1-3H3,(H,16,19)(H,17,18)/t11?,12-/m1/s1. The SMILES string of the molecule is CCC[C@@H](N)C(=O)NCCC(CCC(=O)O)C(C)C. The summed E-state index contributed by atoms with van der Waals surface area (Å²) in [5, 5.41) is 11.5. The van der Waals surface area contributed by atoms with Crippen molar-refractivity contribution in [3.05, 3.63) is 0 Å². The van der Waals surface area contributed by atoms with Gasteiger partial charge in [-0.1, -0.05) is 27.2 Å². The second kappa shape index (κ2) is 9.78. The Morgan fingerprint density at radius 1 is 1.21 bits per heavy atom. The summed E-state index contributed by atoms with van der Waals surface area (Å²) in [6, 6.07) is -0.429. The molecule has 0 saturated carbocycles. The average molecular weight is 272 g/mol. The molecule has 1 amide bonds. The Balaban J connectivity index is 3.98. The van der Waals surface area contributed by atoms with Gasteiger partial charge in [0.15, 0.2) is 0 Å². The topological polar surface area (TPSA) is 92.4 Å². The average Bonchev–Trinajstić information content (AvgIpc) is 2.32. The number of carboxylic acid groups (broad SMARTS) is 1. The van der Waals surface area contributed by atoms with Gasteiger partial charge in [0.05, 0.1) is 6.04 Å². The minimum Gasteiger partial charge on any atom is -0.481 e. The lowest BCUT2D eigenvalue weighted by Gasteiger charge is -2.20. The minimum absolute atomic E-state index is 0.109. The van der Waals surface area contributed by atoms with Crippen molar-refractivity contribution in [1.29, 1.82) is 0 Å². The van der Waals surface area contributed by atoms with Gasteiger partial charge in [0.2, 0.25) is 5.91 Å². The zero-order chi connectivity index (χ0) is 14.8. The van der Waals surface area contributed by atoms with E-state index in [0.29, 0.717) is 31.2 Å². The molecule has 0 spiro atoms. The van der Waals surface area contributed by atoms with E-state index < -0.39 is 12.0 Å². The highest BCUT2D eigenvalue weighted by Crippen LogP contribution is 2.20. The minimum atomic E-state index is -0.764. The van der Waals surface area contributed by atoms with Crippen LogP contribution in [0.4, 0.5) is 0 Å². The van der Waals surface area contributed by atoms with Crippen LogP contribution in [-0.2, 0) is 9.59 Å². The van der Waals surface area contributed by atoms with Crippen LogP contribution in [0.5, 0.6) is 0 Å². The zero-order valence-electron chi connectivity index (χ0n) is 12.3. The molecule has 19 heavy (non-hydrogen) atoms. The second-order valence-corrected chi connectivity index (χ2v) is 5.41. The normalized spacial score (nSPS) is 14.2. The lowest BCUT2D eigenvalue weighted by atomic mass is 9.88. The van der Waals surface area contributed by atoms with E-state index in [1.807, 2.05) is 6.92 Å². The number of hydrogen-bond acceptors (Lipinski definition) is 3. The van der Waals surface area contributed by atoms with Crippen molar-refractivity contribution >= 4 is 11.9 Å². The highest BCUT2D eigenvalue weighted by Gasteiger charge is 2.16. The van der Waals surface area contributed by atoms with Crippen LogP contribution in [0.15, 0.2) is 0 Å². The molecule has 0 heterocycles. The molecule has 1 unspecified atom stereocenters. The molecule has 0 aliphatic heterocycles. The molecule has 0 fully saturated rings. The van der Waals surface area contributed by atoms with Gasteiger partial charge in [0.25, 0.3) is 0 Å². The van der Waals surface area contributed by atoms with E-state index in [1.54, 1.807) is 0 Å². The number of amides is 1. The number of aliphatic carboxylic acids is 1. The summed E-state index contributed by atoms with van der Waals surface area (Å²) in [4.78, 5) is 22.2. The Morgan fingerprint density at radius 3 is 2.32 bits per heavy atom. The molecule has 0 aromatic heterocycles. The fourth-order valence-electron chi connectivity index (χ4n) is 2.07. The van der Waals surface area contributed by atoms with Crippen molar-refractivity contribution in [2.45, 2.75) is 58.9 Å². The Kier molecular flexibility index (Phi) is 9.21. The van der Waals surface area contributed by atoms with Gasteiger partial charge < -0.3 is 16.2 Å². The van der Waals surface area contributed by atoms with Crippen molar-refractivity contribution in [2.75, 3.05) is 6.54 Å². The number of nitrogens with two attached hydrogens (primary N) is 1. The first-order valence-electron chi connectivity index (χ1n) is 7.13. The molecule has 5 heteroatoms. The number of hydrogen-bond donors (Lipinski definition) is 3. The number of carbonyl (C=O) groups is 2. The molecular formula is C14H28N2O3. The molecular weight excluding hydrogens is 244 g/mol. The molecule has 0 saturated heterocycles. The van der Waals surface area contributed by atoms with Crippen LogP contribution in [0.25, 0.3) is 0 Å². The summed E-state index contributed by atoms with van der Waals surface area (Å²) in [5.74, 6) is -0.137. The van der Waals surface area contributed by atoms with Gasteiger partial charge in [-0.05, 0) is 31.1 Å². The summed E-state index contributed by atoms with van der Waals surface area (Å²) in [5.41, 5.74) is 5.71. The predicted octanol–water partition coefficient (Wildman–Crippen LogP) is 1.76. The summed E-state index contributed by atoms with van der Waals surface area (Å²) < 4.78 is 0. The highest BCUT2D eigenvalue weighted by atomic mass is 16.4. The van der Waals surface area contributed by atoms with Crippen LogP contribution < -0.4 is 11.1 Å². The Bertz CT molecular complexity index is 280. The summed E-state index contributed by atoms with van der Waals surface area (Å²) in [6.45, 7) is 6.72. The van der Waals surface area contributed by atoms with Gasteiger partial charge in [-0.15, -0.1) is 0 Å². The van der Waals surface area contributed by atoms with Gasteiger partial charge in [-0.25, -0.2) is 0 Å². The first kappa shape index (κ1) is 17.9. The quantitative estimate of drug-likeness (QED) is 0.565. The first-order chi connectivity index (χ1) is 8.88. The van der Waals surface area contributed by atoms with Crippen LogP contribution >= 0.6 is 0 Å². The third kappa shape index (κ3) is 8.59. The van der Waals surface area contributed by atoms with E-state index in [4.69, 9.17) is 10.8 Å². The van der Waals surface area contributed by atoms with Gasteiger partial charge in [0, 0.05) is 13.0 Å². The van der Waals surface area contributed by atoms with Crippen LogP contribution in [-0.4, -0.2) is 29.6 Å². The van der Waals surface area contributed by atoms with Gasteiger partial charge >= 0.3 is 5.97 Å². The molecule has 5 nitrogen and oxygen atoms in total. The predicted molar refractivity (Wildman–Crippen MR) is 75.7 cm³/mol. The zero-order valence-corrected chi connectivity index (χ0v) is 12.3. The maximum Gasteiger partial charge on any atom is 0.303 e. The van der Waals surface area contributed by atoms with Gasteiger partial charge in [0.1, 0.15) is 0 Å². The Hall–Kier alpha value is -1.10. The largest absolute Gasteiger partial charge is 0.481 e. The third-order valence-electron chi connectivity index (χ3n) is 3.42. The van der Waals surface area contributed by atoms with E-state index >= 15 is 0 Å². The first-order valence-corrected chi connectivity index (χ1v) is 7.13. The summed E-state index contributed by atoms with van der Waals surface area (Å²) in [7, 11) is 0. The van der Waals surface area contributed by atoms with E-state index in [2.05, 4.69) is 19.2 Å². The van der Waals surface area contributed by atoms with Crippen LogP contribution in [0.2, 0.25) is 0 Å². The number of rotatable bonds is 10. The molecule has 0 bridgehead atoms. The smallest absolute Gasteiger partial charge is 0.303 e. The molecule has 4 N–H and O–H groups in total. The molecule has 0 radical (unpaired) electrons. The Morgan fingerprint density at radius 2 is 1.84 bits per heavy atom. The van der Waals surface area contributed by atoms with Crippen molar-refractivity contribution in [3.8, 4) is 0 Å². The monoisotopic (exact) mass is 272 g/mol. The van der Waals surface area contributed by atoms with Crippen molar-refractivity contribution < 1.29 is 14.7 Å². The van der Waals surface area contributed by atoms with Gasteiger partial charge in [-0.2, -0.15) is 0 Å². The molecule has 0 rings (SSSR count). The summed E-state index contributed by atoms with van der Waals surface area (Å²) >= 11 is 0. The van der Waals surface area contributed by atoms with Crippen LogP contribution in [0.3, 0.4) is 0 Å². The number of carbonyl (C=O) groups excluding carboxylic acids is 1. The van der Waals surface area contributed by atoms with Crippen molar-refractivity contribution in [1.82, 2.24) is 5.32 Å². The second-order valence-electron chi connectivity index (χ2n) is 5.41. The van der Waals surface area contributed by atoms with Crippen LogP contribution in [0, 0.1) is 11.8 Å². The number of nitrogens with one attached hydrogen (secondary N) is 1. The summed E-state index contributed by atoms with van der Waals surface area (Å²) in [6.07, 6.45) is 3.23. The van der Waals surface area contributed by atoms with Gasteiger partial charge in [-0.3, -0.25) is 9.59 Å². The maximum absolute atomic E-state index is 11.6. The highest BCUT2D eigenvalue weighted by molar-refractivity contribution is 5.81. The lowest BCUT2D eigenvalue weighted by molar-refractivity contribution is -0.137. The van der Waals surface area contributed by atoms with E-state index in [-0.39, 0.29) is 12.3 Å². The molecule has 0 aliphatic rings. The van der Waals surface area contributed by atoms with E-state index in [1.165, 1.54) is 0 Å². The molecule has 0 aromatic carbocycles. The van der Waals surface area contributed by atoms with Crippen LogP contribution in [0.1, 0.15) is 52.9 Å². The lowest BCUT2D eigenvalue weighted by Crippen LogP contribution is -2.41. The fraction of sp³-hybridized carbons (Fsp3) is 0.857. The van der Waals surface area contributed by atoms with E-state index in [9.17, 15) is 9.59 Å². The maximum atomic E-state index is 11.6. The molecule has 0 aromatic rings. The molecule has 0 aliphatic carbocycles.